The van der Waals surface area contributed by atoms with Gasteiger partial charge in [-0.2, -0.15) is 0 Å². The summed E-state index contributed by atoms with van der Waals surface area (Å²) in [4.78, 5) is 12.7. The van der Waals surface area contributed by atoms with Gasteiger partial charge >= 0.3 is 5.97 Å². The van der Waals surface area contributed by atoms with Crippen LogP contribution in [-0.4, -0.2) is 34.5 Å². The number of aromatic hydroxyl groups is 1. The summed E-state index contributed by atoms with van der Waals surface area (Å²) in [5.74, 6) is 0.330. The molecule has 6 nitrogen and oxygen atoms in total. The molecule has 2 atom stereocenters. The van der Waals surface area contributed by atoms with E-state index in [1.165, 1.54) is 6.07 Å². The number of aryl methyl sites for hydroxylation is 1. The molecule has 0 fully saturated rings. The summed E-state index contributed by atoms with van der Waals surface area (Å²) >= 11 is 0. The first-order valence-corrected chi connectivity index (χ1v) is 10.4. The molecule has 2 aliphatic heterocycles. The predicted octanol–water partition coefficient (Wildman–Crippen LogP) is 4.38. The SMILES string of the molecule is CC(C)=CCc1ccc(O)c2c1[C@@H](c1cc(C)cc3c1O[C@H](C(C)(C)O)CO3)OC2=O. The number of aliphatic hydroxyl groups is 1. The van der Waals surface area contributed by atoms with Crippen molar-refractivity contribution in [1.29, 1.82) is 0 Å². The van der Waals surface area contributed by atoms with Crippen molar-refractivity contribution in [2.24, 2.45) is 0 Å². The standard InChI is InChI=1S/C25H28O6/c1-13(2)6-7-15-8-9-17(26)21-20(15)23(31-24(21)27)16-10-14(3)11-18-22(16)30-19(12-29-18)25(4,5)28/h6,8-11,19,23,26,28H,7,12H2,1-5H3/t19-,23+/m0/s1. The van der Waals surface area contributed by atoms with E-state index in [-0.39, 0.29) is 17.9 Å². The lowest BCUT2D eigenvalue weighted by Gasteiger charge is -2.35. The van der Waals surface area contributed by atoms with Gasteiger partial charge in [-0.3, -0.25) is 0 Å². The Morgan fingerprint density at radius 3 is 2.65 bits per heavy atom. The first-order valence-electron chi connectivity index (χ1n) is 10.4. The molecule has 4 rings (SSSR count). The van der Waals surface area contributed by atoms with Crippen LogP contribution in [-0.2, 0) is 11.2 Å². The van der Waals surface area contributed by atoms with E-state index in [4.69, 9.17) is 14.2 Å². The molecule has 6 heteroatoms. The van der Waals surface area contributed by atoms with Crippen molar-refractivity contribution in [2.75, 3.05) is 6.61 Å². The smallest absolute Gasteiger partial charge is 0.343 e. The Morgan fingerprint density at radius 2 is 1.97 bits per heavy atom. The largest absolute Gasteiger partial charge is 0.507 e. The number of allylic oxidation sites excluding steroid dienone is 2. The minimum Gasteiger partial charge on any atom is -0.507 e. The molecule has 164 valence electrons. The monoisotopic (exact) mass is 424 g/mol. The van der Waals surface area contributed by atoms with Crippen molar-refractivity contribution in [1.82, 2.24) is 0 Å². The number of hydrogen-bond donors (Lipinski definition) is 2. The van der Waals surface area contributed by atoms with E-state index in [0.717, 1.165) is 16.7 Å². The Labute approximate surface area is 182 Å². The fourth-order valence-electron chi connectivity index (χ4n) is 3.99. The zero-order chi connectivity index (χ0) is 22.5. The molecule has 0 aliphatic carbocycles. The zero-order valence-electron chi connectivity index (χ0n) is 18.5. The molecule has 0 unspecified atom stereocenters. The van der Waals surface area contributed by atoms with Crippen LogP contribution in [0.1, 0.15) is 66.4 Å². The molecule has 2 aromatic rings. The number of esters is 1. The highest BCUT2D eigenvalue weighted by molar-refractivity contribution is 5.98. The number of hydrogen-bond acceptors (Lipinski definition) is 6. The molecule has 0 radical (unpaired) electrons. The van der Waals surface area contributed by atoms with Gasteiger partial charge in [0, 0.05) is 11.1 Å². The maximum Gasteiger partial charge on any atom is 0.343 e. The highest BCUT2D eigenvalue weighted by Crippen LogP contribution is 2.49. The Morgan fingerprint density at radius 1 is 1.23 bits per heavy atom. The Balaban J connectivity index is 1.87. The Hall–Kier alpha value is -2.99. The fraction of sp³-hybridized carbons (Fsp3) is 0.400. The predicted molar refractivity (Wildman–Crippen MR) is 116 cm³/mol. The van der Waals surface area contributed by atoms with E-state index >= 15 is 0 Å². The van der Waals surface area contributed by atoms with Crippen LogP contribution in [0.3, 0.4) is 0 Å². The summed E-state index contributed by atoms with van der Waals surface area (Å²) in [6.07, 6.45) is 1.36. The first kappa shape index (κ1) is 21.2. The summed E-state index contributed by atoms with van der Waals surface area (Å²) in [5, 5.41) is 20.9. The van der Waals surface area contributed by atoms with Crippen LogP contribution in [0.5, 0.6) is 17.2 Å². The van der Waals surface area contributed by atoms with Gasteiger partial charge in [-0.05, 0) is 70.4 Å². The van der Waals surface area contributed by atoms with Crippen molar-refractivity contribution in [2.45, 2.75) is 58.8 Å². The summed E-state index contributed by atoms with van der Waals surface area (Å²) in [6.45, 7) is 9.50. The average Bonchev–Trinajstić information content (AvgIpc) is 3.04. The van der Waals surface area contributed by atoms with E-state index in [0.29, 0.717) is 29.0 Å². The number of rotatable bonds is 4. The molecule has 0 saturated carbocycles. The number of benzene rings is 2. The summed E-state index contributed by atoms with van der Waals surface area (Å²) in [6, 6.07) is 7.12. The molecule has 31 heavy (non-hydrogen) atoms. The molecule has 2 aliphatic rings. The Kier molecular flexibility index (Phi) is 5.21. The molecular weight excluding hydrogens is 396 g/mol. The normalized spacial score (nSPS) is 19.6. The second-order valence-electron chi connectivity index (χ2n) is 9.06. The topological polar surface area (TPSA) is 85.2 Å². The molecular formula is C25H28O6. The van der Waals surface area contributed by atoms with E-state index in [1.54, 1.807) is 13.8 Å². The molecule has 2 N–H and O–H groups in total. The van der Waals surface area contributed by atoms with Gasteiger partial charge in [0.25, 0.3) is 0 Å². The maximum absolute atomic E-state index is 12.7. The van der Waals surface area contributed by atoms with E-state index < -0.39 is 23.8 Å². The molecule has 2 heterocycles. The number of carbonyl (C=O) groups excluding carboxylic acids is 1. The van der Waals surface area contributed by atoms with Crippen molar-refractivity contribution >= 4 is 5.97 Å². The highest BCUT2D eigenvalue weighted by atomic mass is 16.6. The van der Waals surface area contributed by atoms with Crippen LogP contribution < -0.4 is 9.47 Å². The van der Waals surface area contributed by atoms with Crippen molar-refractivity contribution in [3.8, 4) is 17.2 Å². The van der Waals surface area contributed by atoms with Crippen molar-refractivity contribution < 1.29 is 29.2 Å². The lowest BCUT2D eigenvalue weighted by molar-refractivity contribution is -0.0665. The lowest BCUT2D eigenvalue weighted by atomic mass is 9.90. The number of ether oxygens (including phenoxy) is 3. The number of cyclic esters (lactones) is 1. The third-order valence-electron chi connectivity index (χ3n) is 5.68. The van der Waals surface area contributed by atoms with Crippen LogP contribution in [0.2, 0.25) is 0 Å². The highest BCUT2D eigenvalue weighted by Gasteiger charge is 2.41. The van der Waals surface area contributed by atoms with E-state index in [1.807, 2.05) is 39.0 Å². The average molecular weight is 424 g/mol. The second-order valence-corrected chi connectivity index (χ2v) is 9.06. The van der Waals surface area contributed by atoms with Gasteiger partial charge in [-0.15, -0.1) is 0 Å². The van der Waals surface area contributed by atoms with Gasteiger partial charge in [-0.1, -0.05) is 17.7 Å². The molecule has 0 spiro atoms. The minimum atomic E-state index is -1.11. The zero-order valence-corrected chi connectivity index (χ0v) is 18.5. The van der Waals surface area contributed by atoms with Gasteiger partial charge in [0.15, 0.2) is 23.7 Å². The van der Waals surface area contributed by atoms with Crippen LogP contribution in [0.15, 0.2) is 35.9 Å². The van der Waals surface area contributed by atoms with Crippen molar-refractivity contribution in [3.63, 3.8) is 0 Å². The first-order chi connectivity index (χ1) is 14.6. The van der Waals surface area contributed by atoms with Gasteiger partial charge in [-0.25, -0.2) is 4.79 Å². The molecule has 0 aromatic heterocycles. The van der Waals surface area contributed by atoms with Crippen LogP contribution in [0.25, 0.3) is 0 Å². The second kappa shape index (κ2) is 7.61. The number of phenols is 1. The minimum absolute atomic E-state index is 0.100. The Bertz CT molecular complexity index is 1070. The summed E-state index contributed by atoms with van der Waals surface area (Å²) in [7, 11) is 0. The fourth-order valence-corrected chi connectivity index (χ4v) is 3.99. The molecule has 0 amide bonds. The lowest BCUT2D eigenvalue weighted by Crippen LogP contribution is -2.46. The number of fused-ring (bicyclic) bond motifs is 2. The third kappa shape index (κ3) is 3.88. The molecule has 2 aromatic carbocycles. The number of carbonyl (C=O) groups is 1. The van der Waals surface area contributed by atoms with E-state index in [9.17, 15) is 15.0 Å². The van der Waals surface area contributed by atoms with Crippen LogP contribution >= 0.6 is 0 Å². The molecule has 0 saturated heterocycles. The summed E-state index contributed by atoms with van der Waals surface area (Å²) < 4.78 is 17.9. The molecule has 0 bridgehead atoms. The van der Waals surface area contributed by atoms with Crippen LogP contribution in [0.4, 0.5) is 0 Å². The number of phenolic OH excluding ortho intramolecular Hbond substituents is 1. The quantitative estimate of drug-likeness (QED) is 0.560. The van der Waals surface area contributed by atoms with Gasteiger partial charge < -0.3 is 24.4 Å². The van der Waals surface area contributed by atoms with Gasteiger partial charge in [0.1, 0.15) is 17.9 Å². The van der Waals surface area contributed by atoms with E-state index in [2.05, 4.69) is 6.08 Å². The van der Waals surface area contributed by atoms with Crippen molar-refractivity contribution in [3.05, 3.63) is 63.7 Å². The third-order valence-corrected chi connectivity index (χ3v) is 5.68. The van der Waals surface area contributed by atoms with Crippen LogP contribution in [0, 0.1) is 6.92 Å². The summed E-state index contributed by atoms with van der Waals surface area (Å²) in [5.41, 5.74) is 3.34. The maximum atomic E-state index is 12.7. The van der Waals surface area contributed by atoms with Gasteiger partial charge in [0.05, 0.1) is 5.60 Å². The van der Waals surface area contributed by atoms with Gasteiger partial charge in [0.2, 0.25) is 0 Å².